The Labute approximate surface area is 102 Å². The molecular formula is C14H20O3. The van der Waals surface area contributed by atoms with Crippen LogP contribution < -0.4 is 4.74 Å². The van der Waals surface area contributed by atoms with Crippen molar-refractivity contribution in [2.45, 2.75) is 39.5 Å². The molecule has 3 heteroatoms. The summed E-state index contributed by atoms with van der Waals surface area (Å²) in [5.41, 5.74) is 1.25. The summed E-state index contributed by atoms with van der Waals surface area (Å²) in [5, 5.41) is 9.02. The first-order chi connectivity index (χ1) is 8.15. The number of aromatic carboxylic acids is 1. The van der Waals surface area contributed by atoms with Crippen LogP contribution in [0.5, 0.6) is 5.75 Å². The van der Waals surface area contributed by atoms with E-state index in [0.29, 0.717) is 12.4 Å². The van der Waals surface area contributed by atoms with Crippen molar-refractivity contribution in [2.75, 3.05) is 6.61 Å². The summed E-state index contributed by atoms with van der Waals surface area (Å²) >= 11 is 0. The molecule has 0 spiro atoms. The average molecular weight is 236 g/mol. The number of unbranched alkanes of at least 4 members (excludes halogenated alkanes) is 3. The summed E-state index contributed by atoms with van der Waals surface area (Å²) < 4.78 is 5.55. The van der Waals surface area contributed by atoms with Crippen molar-refractivity contribution in [3.63, 3.8) is 0 Å². The molecule has 0 bridgehead atoms. The summed E-state index contributed by atoms with van der Waals surface area (Å²) in [6, 6.07) is 5.16. The molecule has 1 aromatic rings. The highest BCUT2D eigenvalue weighted by Crippen LogP contribution is 2.20. The SMILES string of the molecule is CCCCCCOc1cc(C)ccc1C(=O)O. The lowest BCUT2D eigenvalue weighted by Gasteiger charge is -2.09. The first kappa shape index (κ1) is 13.6. The van der Waals surface area contributed by atoms with Crippen LogP contribution in [-0.2, 0) is 0 Å². The van der Waals surface area contributed by atoms with Gasteiger partial charge < -0.3 is 9.84 Å². The topological polar surface area (TPSA) is 46.5 Å². The molecule has 0 aliphatic carbocycles. The normalized spacial score (nSPS) is 10.2. The van der Waals surface area contributed by atoms with Crippen LogP contribution >= 0.6 is 0 Å². The molecule has 0 amide bonds. The number of hydrogen-bond acceptors (Lipinski definition) is 2. The average Bonchev–Trinajstić information content (AvgIpc) is 2.28. The van der Waals surface area contributed by atoms with Crippen molar-refractivity contribution in [1.29, 1.82) is 0 Å². The highest BCUT2D eigenvalue weighted by Gasteiger charge is 2.10. The third kappa shape index (κ3) is 4.47. The fraction of sp³-hybridized carbons (Fsp3) is 0.500. The zero-order valence-corrected chi connectivity index (χ0v) is 10.5. The van der Waals surface area contributed by atoms with E-state index in [4.69, 9.17) is 9.84 Å². The predicted molar refractivity (Wildman–Crippen MR) is 67.8 cm³/mol. The number of carboxylic acids is 1. The van der Waals surface area contributed by atoms with Gasteiger partial charge in [-0.15, -0.1) is 0 Å². The minimum absolute atomic E-state index is 0.242. The van der Waals surface area contributed by atoms with E-state index in [-0.39, 0.29) is 5.56 Å². The lowest BCUT2D eigenvalue weighted by atomic mass is 10.1. The molecular weight excluding hydrogens is 216 g/mol. The second-order valence-electron chi connectivity index (χ2n) is 4.21. The van der Waals surface area contributed by atoms with E-state index in [1.165, 1.54) is 12.8 Å². The molecule has 0 unspecified atom stereocenters. The summed E-state index contributed by atoms with van der Waals surface area (Å²) in [5.74, 6) is -0.456. The largest absolute Gasteiger partial charge is 0.493 e. The maximum Gasteiger partial charge on any atom is 0.339 e. The Bertz CT molecular complexity index is 372. The Morgan fingerprint density at radius 3 is 2.71 bits per heavy atom. The molecule has 3 nitrogen and oxygen atoms in total. The fourth-order valence-corrected chi connectivity index (χ4v) is 1.64. The van der Waals surface area contributed by atoms with Crippen LogP contribution in [0.3, 0.4) is 0 Å². The van der Waals surface area contributed by atoms with Crippen LogP contribution in [0.1, 0.15) is 48.5 Å². The van der Waals surface area contributed by atoms with Crippen molar-refractivity contribution < 1.29 is 14.6 Å². The molecule has 17 heavy (non-hydrogen) atoms. The Hall–Kier alpha value is -1.51. The van der Waals surface area contributed by atoms with Gasteiger partial charge in [0, 0.05) is 0 Å². The lowest BCUT2D eigenvalue weighted by Crippen LogP contribution is -2.04. The van der Waals surface area contributed by atoms with E-state index in [9.17, 15) is 4.79 Å². The summed E-state index contributed by atoms with van der Waals surface area (Å²) in [4.78, 5) is 11.0. The molecule has 0 aliphatic heterocycles. The number of carboxylic acid groups (broad SMARTS) is 1. The Kier molecular flexibility index (Phi) is 5.53. The van der Waals surface area contributed by atoms with E-state index >= 15 is 0 Å². The number of benzene rings is 1. The molecule has 0 heterocycles. The lowest BCUT2D eigenvalue weighted by molar-refractivity contribution is 0.0692. The van der Waals surface area contributed by atoms with E-state index in [1.54, 1.807) is 18.2 Å². The Morgan fingerprint density at radius 2 is 2.06 bits per heavy atom. The number of aryl methyl sites for hydroxylation is 1. The van der Waals surface area contributed by atoms with Crippen LogP contribution in [0.15, 0.2) is 18.2 Å². The molecule has 1 aromatic carbocycles. The van der Waals surface area contributed by atoms with Crippen molar-refractivity contribution in [3.05, 3.63) is 29.3 Å². The van der Waals surface area contributed by atoms with Gasteiger partial charge in [0.25, 0.3) is 0 Å². The van der Waals surface area contributed by atoms with E-state index in [2.05, 4.69) is 6.92 Å². The van der Waals surface area contributed by atoms with Gasteiger partial charge in [0.15, 0.2) is 0 Å². The van der Waals surface area contributed by atoms with E-state index in [1.807, 2.05) is 6.92 Å². The number of carbonyl (C=O) groups is 1. The maximum atomic E-state index is 11.0. The van der Waals surface area contributed by atoms with Crippen LogP contribution in [0, 0.1) is 6.92 Å². The third-order valence-electron chi connectivity index (χ3n) is 2.62. The molecule has 0 radical (unpaired) electrons. The summed E-state index contributed by atoms with van der Waals surface area (Å²) in [6.45, 7) is 4.67. The van der Waals surface area contributed by atoms with Crippen molar-refractivity contribution in [2.24, 2.45) is 0 Å². The second kappa shape index (κ2) is 6.94. The summed E-state index contributed by atoms with van der Waals surface area (Å²) in [6.07, 6.45) is 4.49. The van der Waals surface area contributed by atoms with Crippen molar-refractivity contribution in [3.8, 4) is 5.75 Å². The number of rotatable bonds is 7. The third-order valence-corrected chi connectivity index (χ3v) is 2.62. The van der Waals surface area contributed by atoms with Gasteiger partial charge in [-0.25, -0.2) is 4.79 Å². The van der Waals surface area contributed by atoms with Crippen molar-refractivity contribution >= 4 is 5.97 Å². The van der Waals surface area contributed by atoms with E-state index < -0.39 is 5.97 Å². The van der Waals surface area contributed by atoms with Gasteiger partial charge in [0.05, 0.1) is 6.61 Å². The fourth-order valence-electron chi connectivity index (χ4n) is 1.64. The highest BCUT2D eigenvalue weighted by atomic mass is 16.5. The second-order valence-corrected chi connectivity index (χ2v) is 4.21. The number of ether oxygens (including phenoxy) is 1. The molecule has 0 saturated heterocycles. The number of hydrogen-bond donors (Lipinski definition) is 1. The minimum Gasteiger partial charge on any atom is -0.493 e. The molecule has 0 aromatic heterocycles. The molecule has 0 fully saturated rings. The van der Waals surface area contributed by atoms with Gasteiger partial charge in [-0.2, -0.15) is 0 Å². The monoisotopic (exact) mass is 236 g/mol. The molecule has 0 saturated carbocycles. The van der Waals surface area contributed by atoms with E-state index in [0.717, 1.165) is 18.4 Å². The quantitative estimate of drug-likeness (QED) is 0.735. The summed E-state index contributed by atoms with van der Waals surface area (Å²) in [7, 11) is 0. The first-order valence-corrected chi connectivity index (χ1v) is 6.12. The van der Waals surface area contributed by atoms with Crippen LogP contribution in [-0.4, -0.2) is 17.7 Å². The van der Waals surface area contributed by atoms with Gasteiger partial charge in [-0.3, -0.25) is 0 Å². The molecule has 0 aliphatic rings. The Balaban J connectivity index is 2.56. The molecule has 1 rings (SSSR count). The molecule has 94 valence electrons. The van der Waals surface area contributed by atoms with Crippen molar-refractivity contribution in [1.82, 2.24) is 0 Å². The standard InChI is InChI=1S/C14H20O3/c1-3-4-5-6-9-17-13-10-11(2)7-8-12(13)14(15)16/h7-8,10H,3-6,9H2,1-2H3,(H,15,16). The molecule has 0 atom stereocenters. The van der Waals surface area contributed by atoms with Gasteiger partial charge >= 0.3 is 5.97 Å². The predicted octanol–water partition coefficient (Wildman–Crippen LogP) is 3.65. The maximum absolute atomic E-state index is 11.0. The van der Waals surface area contributed by atoms with Gasteiger partial charge in [0.2, 0.25) is 0 Å². The Morgan fingerprint density at radius 1 is 1.29 bits per heavy atom. The first-order valence-electron chi connectivity index (χ1n) is 6.12. The van der Waals surface area contributed by atoms with Gasteiger partial charge in [-0.1, -0.05) is 32.3 Å². The van der Waals surface area contributed by atoms with Crippen LogP contribution in [0.2, 0.25) is 0 Å². The van der Waals surface area contributed by atoms with Crippen LogP contribution in [0.4, 0.5) is 0 Å². The van der Waals surface area contributed by atoms with Gasteiger partial charge in [0.1, 0.15) is 11.3 Å². The highest BCUT2D eigenvalue weighted by molar-refractivity contribution is 5.90. The zero-order valence-electron chi connectivity index (χ0n) is 10.5. The van der Waals surface area contributed by atoms with Gasteiger partial charge in [-0.05, 0) is 31.0 Å². The molecule has 1 N–H and O–H groups in total. The smallest absolute Gasteiger partial charge is 0.339 e. The van der Waals surface area contributed by atoms with Crippen LogP contribution in [0.25, 0.3) is 0 Å². The minimum atomic E-state index is -0.937. The zero-order chi connectivity index (χ0) is 12.7.